The Kier molecular flexibility index (Phi) is 5.92. The Labute approximate surface area is 129 Å². The number of benzene rings is 1. The third-order valence-corrected chi connectivity index (χ3v) is 3.58. The van der Waals surface area contributed by atoms with Crippen molar-refractivity contribution < 1.29 is 4.74 Å². The minimum atomic E-state index is 0.661. The van der Waals surface area contributed by atoms with Gasteiger partial charge in [0, 0.05) is 49.2 Å². The lowest BCUT2D eigenvalue weighted by atomic mass is 10.2. The molecule has 0 aliphatic heterocycles. The Hall–Kier alpha value is -1.000. The second-order valence-corrected chi connectivity index (χ2v) is 5.44. The number of halogens is 2. The van der Waals surface area contributed by atoms with Gasteiger partial charge in [-0.15, -0.1) is 0 Å². The molecule has 20 heavy (non-hydrogen) atoms. The number of nitrogens with one attached hydrogen (secondary N) is 1. The molecule has 0 fully saturated rings. The van der Waals surface area contributed by atoms with Gasteiger partial charge in [-0.05, 0) is 29.3 Å². The molecule has 2 aromatic rings. The fourth-order valence-electron chi connectivity index (χ4n) is 1.95. The second-order valence-electron chi connectivity index (χ2n) is 4.60. The van der Waals surface area contributed by atoms with Crippen LogP contribution in [0.5, 0.6) is 0 Å². The van der Waals surface area contributed by atoms with E-state index in [2.05, 4.69) is 28.3 Å². The maximum absolute atomic E-state index is 6.18. The molecule has 1 N–H and O–H groups in total. The van der Waals surface area contributed by atoms with Gasteiger partial charge in [0.15, 0.2) is 0 Å². The number of aromatic nitrogens is 1. The predicted octanol–water partition coefficient (Wildman–Crippen LogP) is 3.58. The van der Waals surface area contributed by atoms with Crippen molar-refractivity contribution >= 4 is 23.2 Å². The number of methoxy groups -OCH3 is 1. The lowest BCUT2D eigenvalue weighted by molar-refractivity contribution is 0.199. The molecular weight excluding hydrogens is 295 g/mol. The van der Waals surface area contributed by atoms with E-state index in [1.165, 1.54) is 5.56 Å². The van der Waals surface area contributed by atoms with Crippen molar-refractivity contribution in [2.24, 2.45) is 0 Å². The topological polar surface area (TPSA) is 26.2 Å². The van der Waals surface area contributed by atoms with Crippen molar-refractivity contribution in [2.75, 3.05) is 20.3 Å². The first-order chi connectivity index (χ1) is 9.69. The van der Waals surface area contributed by atoms with Gasteiger partial charge in [0.25, 0.3) is 0 Å². The van der Waals surface area contributed by atoms with Gasteiger partial charge in [0.1, 0.15) is 0 Å². The zero-order chi connectivity index (χ0) is 14.4. The Morgan fingerprint density at radius 1 is 1.25 bits per heavy atom. The Morgan fingerprint density at radius 2 is 2.10 bits per heavy atom. The lowest BCUT2D eigenvalue weighted by Gasteiger charge is -2.06. The molecule has 1 aromatic carbocycles. The summed E-state index contributed by atoms with van der Waals surface area (Å²) in [5.41, 5.74) is 2.30. The number of hydrogen-bond acceptors (Lipinski definition) is 2. The third kappa shape index (κ3) is 4.53. The maximum atomic E-state index is 6.18. The average molecular weight is 313 g/mol. The van der Waals surface area contributed by atoms with Crippen LogP contribution in [-0.4, -0.2) is 24.8 Å². The van der Waals surface area contributed by atoms with E-state index < -0.39 is 0 Å². The molecule has 0 aliphatic rings. The van der Waals surface area contributed by atoms with Crippen molar-refractivity contribution in [2.45, 2.75) is 13.1 Å². The largest absolute Gasteiger partial charge is 0.383 e. The molecule has 1 aromatic heterocycles. The summed E-state index contributed by atoms with van der Waals surface area (Å²) >= 11 is 12.1. The first-order valence-electron chi connectivity index (χ1n) is 6.47. The zero-order valence-electron chi connectivity index (χ0n) is 11.4. The van der Waals surface area contributed by atoms with Crippen molar-refractivity contribution in [1.29, 1.82) is 0 Å². The van der Waals surface area contributed by atoms with Crippen LogP contribution in [0.15, 0.2) is 36.7 Å². The average Bonchev–Trinajstić information content (AvgIpc) is 2.86. The van der Waals surface area contributed by atoms with Crippen LogP contribution < -0.4 is 5.32 Å². The summed E-state index contributed by atoms with van der Waals surface area (Å²) < 4.78 is 7.11. The number of nitrogens with zero attached hydrogens (tertiary/aromatic N) is 1. The van der Waals surface area contributed by atoms with Gasteiger partial charge in [0.2, 0.25) is 0 Å². The number of ether oxygens (including phenoxy) is 1. The van der Waals surface area contributed by atoms with E-state index >= 15 is 0 Å². The molecule has 2 rings (SSSR count). The molecule has 3 nitrogen and oxygen atoms in total. The molecule has 0 bridgehead atoms. The molecule has 0 unspecified atom stereocenters. The van der Waals surface area contributed by atoms with Crippen molar-refractivity contribution in [3.63, 3.8) is 0 Å². The molecule has 108 valence electrons. The summed E-state index contributed by atoms with van der Waals surface area (Å²) in [5, 5.41) is 4.68. The highest BCUT2D eigenvalue weighted by molar-refractivity contribution is 6.35. The fraction of sp³-hybridized carbons (Fsp3) is 0.333. The second kappa shape index (κ2) is 7.70. The van der Waals surface area contributed by atoms with Gasteiger partial charge in [-0.25, -0.2) is 0 Å². The lowest BCUT2D eigenvalue weighted by Crippen LogP contribution is -2.18. The standard InChI is InChI=1S/C15H18Cl2N2O/c1-20-7-5-18-9-12-4-6-19(10-12)11-13-2-3-14(16)8-15(13)17/h2-4,6,8,10,18H,5,7,9,11H2,1H3. The van der Waals surface area contributed by atoms with E-state index in [-0.39, 0.29) is 0 Å². The van der Waals surface area contributed by atoms with Crippen LogP contribution in [0.2, 0.25) is 10.0 Å². The van der Waals surface area contributed by atoms with Gasteiger partial charge in [-0.2, -0.15) is 0 Å². The highest BCUT2D eigenvalue weighted by Crippen LogP contribution is 2.22. The molecule has 0 saturated carbocycles. The zero-order valence-corrected chi connectivity index (χ0v) is 12.9. The Morgan fingerprint density at radius 3 is 2.85 bits per heavy atom. The van der Waals surface area contributed by atoms with Crippen molar-refractivity contribution in [1.82, 2.24) is 9.88 Å². The highest BCUT2D eigenvalue weighted by atomic mass is 35.5. The van der Waals surface area contributed by atoms with E-state index in [1.54, 1.807) is 13.2 Å². The molecule has 1 heterocycles. The third-order valence-electron chi connectivity index (χ3n) is 2.99. The van der Waals surface area contributed by atoms with Gasteiger partial charge >= 0.3 is 0 Å². The van der Waals surface area contributed by atoms with Crippen LogP contribution in [0.4, 0.5) is 0 Å². The molecule has 0 aliphatic carbocycles. The first-order valence-corrected chi connectivity index (χ1v) is 7.23. The molecule has 0 spiro atoms. The smallest absolute Gasteiger partial charge is 0.0587 e. The van der Waals surface area contributed by atoms with Crippen LogP contribution in [-0.2, 0) is 17.8 Å². The van der Waals surface area contributed by atoms with E-state index in [9.17, 15) is 0 Å². The molecule has 0 radical (unpaired) electrons. The Bertz CT molecular complexity index is 555. The minimum absolute atomic E-state index is 0.661. The van der Waals surface area contributed by atoms with Crippen LogP contribution in [0.1, 0.15) is 11.1 Å². The summed E-state index contributed by atoms with van der Waals surface area (Å²) in [6.07, 6.45) is 4.17. The fourth-order valence-corrected chi connectivity index (χ4v) is 2.42. The quantitative estimate of drug-likeness (QED) is 0.791. The first kappa shape index (κ1) is 15.4. The molecule has 5 heteroatoms. The summed E-state index contributed by atoms with van der Waals surface area (Å²) in [5.74, 6) is 0. The monoisotopic (exact) mass is 312 g/mol. The van der Waals surface area contributed by atoms with Crippen molar-refractivity contribution in [3.05, 3.63) is 57.8 Å². The molecule has 0 atom stereocenters. The van der Waals surface area contributed by atoms with E-state index in [4.69, 9.17) is 27.9 Å². The minimum Gasteiger partial charge on any atom is -0.383 e. The predicted molar refractivity (Wildman–Crippen MR) is 83.6 cm³/mol. The molecule has 0 saturated heterocycles. The summed E-state index contributed by atoms with van der Waals surface area (Å²) in [6.45, 7) is 3.16. The van der Waals surface area contributed by atoms with E-state index in [1.807, 2.05) is 12.1 Å². The normalized spacial score (nSPS) is 10.9. The summed E-state index contributed by atoms with van der Waals surface area (Å²) in [6, 6.07) is 7.69. The number of rotatable bonds is 7. The summed E-state index contributed by atoms with van der Waals surface area (Å²) in [4.78, 5) is 0. The van der Waals surface area contributed by atoms with Crippen LogP contribution >= 0.6 is 23.2 Å². The highest BCUT2D eigenvalue weighted by Gasteiger charge is 2.03. The van der Waals surface area contributed by atoms with E-state index in [0.29, 0.717) is 10.0 Å². The molecule has 0 amide bonds. The maximum Gasteiger partial charge on any atom is 0.0587 e. The molecular formula is C15H18Cl2N2O. The van der Waals surface area contributed by atoms with Crippen LogP contribution in [0.3, 0.4) is 0 Å². The van der Waals surface area contributed by atoms with Gasteiger partial charge < -0.3 is 14.6 Å². The van der Waals surface area contributed by atoms with Crippen LogP contribution in [0, 0.1) is 0 Å². The van der Waals surface area contributed by atoms with Gasteiger partial charge in [-0.1, -0.05) is 29.3 Å². The van der Waals surface area contributed by atoms with Gasteiger partial charge in [0.05, 0.1) is 6.61 Å². The van der Waals surface area contributed by atoms with Crippen LogP contribution in [0.25, 0.3) is 0 Å². The van der Waals surface area contributed by atoms with Gasteiger partial charge in [-0.3, -0.25) is 0 Å². The summed E-state index contributed by atoms with van der Waals surface area (Å²) in [7, 11) is 1.70. The SMILES string of the molecule is COCCNCc1ccn(Cc2ccc(Cl)cc2Cl)c1. The Balaban J connectivity index is 1.92. The number of hydrogen-bond donors (Lipinski definition) is 1. The van der Waals surface area contributed by atoms with Crippen molar-refractivity contribution in [3.8, 4) is 0 Å². The van der Waals surface area contributed by atoms with E-state index in [0.717, 1.165) is 31.8 Å².